The monoisotopic (exact) mass is 306 g/mol. The summed E-state index contributed by atoms with van der Waals surface area (Å²) < 4.78 is 4.91. The first-order valence-corrected chi connectivity index (χ1v) is 6.82. The third-order valence-electron chi connectivity index (χ3n) is 2.95. The Bertz CT molecular complexity index is 708. The Hall–Kier alpha value is -2.27. The zero-order chi connectivity index (χ0) is 15.4. The normalized spacial score (nSPS) is 10.4. The lowest BCUT2D eigenvalue weighted by Crippen LogP contribution is -2.19. The number of nitrogen functional groups attached to an aromatic ring is 1. The van der Waals surface area contributed by atoms with E-state index in [4.69, 9.17) is 22.1 Å². The highest BCUT2D eigenvalue weighted by Crippen LogP contribution is 2.15. The van der Waals surface area contributed by atoms with Crippen LogP contribution in [0.4, 0.5) is 5.82 Å². The van der Waals surface area contributed by atoms with Gasteiger partial charge in [-0.2, -0.15) is 0 Å². The molecule has 0 unspecified atom stereocenters. The number of hydrogen-bond acceptors (Lipinski definition) is 4. The molecule has 0 radical (unpaired) electrons. The summed E-state index contributed by atoms with van der Waals surface area (Å²) in [5.74, 6) is -0.540. The van der Waals surface area contributed by atoms with Crippen LogP contribution in [0, 0.1) is 0 Å². The summed E-state index contributed by atoms with van der Waals surface area (Å²) in [6.07, 6.45) is 0.374. The number of ether oxygens (including phenoxy) is 1. The molecule has 0 bridgehead atoms. The van der Waals surface area contributed by atoms with Crippen LogP contribution in [0.25, 0.3) is 0 Å². The largest absolute Gasteiger partial charge is 0.462 e. The summed E-state index contributed by atoms with van der Waals surface area (Å²) in [4.78, 5) is 26.2. The average Bonchev–Trinajstić information content (AvgIpc) is 2.44. The number of esters is 1. The second-order valence-electron chi connectivity index (χ2n) is 4.47. The summed E-state index contributed by atoms with van der Waals surface area (Å²) in [6, 6.07) is 8.61. The van der Waals surface area contributed by atoms with Gasteiger partial charge >= 0.3 is 5.97 Å². The predicted molar refractivity (Wildman–Crippen MR) is 81.7 cm³/mol. The minimum Gasteiger partial charge on any atom is -0.462 e. The van der Waals surface area contributed by atoms with Gasteiger partial charge < -0.3 is 15.5 Å². The highest BCUT2D eigenvalue weighted by molar-refractivity contribution is 6.30. The molecule has 0 amide bonds. The fraction of sp³-hybridized carbons (Fsp3) is 0.200. The molecule has 21 heavy (non-hydrogen) atoms. The third-order valence-corrected chi connectivity index (χ3v) is 3.20. The number of carbonyl (C=O) groups is 1. The summed E-state index contributed by atoms with van der Waals surface area (Å²) in [7, 11) is 0. The van der Waals surface area contributed by atoms with Crippen LogP contribution in [-0.4, -0.2) is 17.6 Å². The minimum absolute atomic E-state index is 0.0123. The number of benzene rings is 1. The maximum absolute atomic E-state index is 11.9. The number of aromatic amines is 1. The van der Waals surface area contributed by atoms with Gasteiger partial charge in [-0.1, -0.05) is 23.7 Å². The number of anilines is 1. The number of H-pyrrole nitrogens is 1. The molecule has 3 N–H and O–H groups in total. The average molecular weight is 307 g/mol. The summed E-state index contributed by atoms with van der Waals surface area (Å²) in [5.41, 5.74) is 6.85. The second kappa shape index (κ2) is 6.45. The van der Waals surface area contributed by atoms with E-state index in [1.54, 1.807) is 19.1 Å². The van der Waals surface area contributed by atoms with Crippen LogP contribution in [0.2, 0.25) is 5.02 Å². The van der Waals surface area contributed by atoms with E-state index in [-0.39, 0.29) is 23.5 Å². The second-order valence-corrected chi connectivity index (χ2v) is 4.91. The van der Waals surface area contributed by atoms with Crippen molar-refractivity contribution in [2.45, 2.75) is 13.3 Å². The summed E-state index contributed by atoms with van der Waals surface area (Å²) in [5, 5.41) is 0.622. The molecule has 2 aromatic rings. The van der Waals surface area contributed by atoms with Gasteiger partial charge in [0.2, 0.25) is 0 Å². The Labute approximate surface area is 126 Å². The van der Waals surface area contributed by atoms with E-state index in [1.807, 2.05) is 12.1 Å². The number of halogens is 1. The number of rotatable bonds is 4. The minimum atomic E-state index is -0.552. The zero-order valence-corrected chi connectivity index (χ0v) is 12.2. The highest BCUT2D eigenvalue weighted by atomic mass is 35.5. The van der Waals surface area contributed by atoms with Crippen LogP contribution in [0.1, 0.15) is 28.4 Å². The lowest BCUT2D eigenvalue weighted by molar-refractivity contribution is 0.0527. The quantitative estimate of drug-likeness (QED) is 0.849. The van der Waals surface area contributed by atoms with Crippen LogP contribution in [0.5, 0.6) is 0 Å². The Morgan fingerprint density at radius 1 is 1.33 bits per heavy atom. The fourth-order valence-corrected chi connectivity index (χ4v) is 2.04. The maximum Gasteiger partial charge on any atom is 0.341 e. The number of carbonyl (C=O) groups excluding carboxylic acids is 1. The molecule has 6 heteroatoms. The zero-order valence-electron chi connectivity index (χ0n) is 11.5. The molecule has 0 fully saturated rings. The summed E-state index contributed by atoms with van der Waals surface area (Å²) >= 11 is 5.82. The number of pyridine rings is 1. The van der Waals surface area contributed by atoms with Crippen molar-refractivity contribution in [1.82, 2.24) is 4.98 Å². The molecule has 1 heterocycles. The van der Waals surface area contributed by atoms with Crippen molar-refractivity contribution >= 4 is 23.4 Å². The number of hydrogen-bond donors (Lipinski definition) is 2. The van der Waals surface area contributed by atoms with Gasteiger partial charge in [-0.25, -0.2) is 4.79 Å². The summed E-state index contributed by atoms with van der Waals surface area (Å²) in [6.45, 7) is 1.94. The molecule has 110 valence electrons. The van der Waals surface area contributed by atoms with Gasteiger partial charge in [-0.3, -0.25) is 4.79 Å². The Morgan fingerprint density at radius 3 is 2.62 bits per heavy atom. The third kappa shape index (κ3) is 3.64. The molecule has 0 saturated carbocycles. The molecule has 0 aliphatic heterocycles. The van der Waals surface area contributed by atoms with Crippen molar-refractivity contribution in [2.75, 3.05) is 12.3 Å². The standard InChI is InChI=1S/C15H15ClN2O3/c1-2-21-15(20)12-8-10(14(19)18-13(12)17)7-9-3-5-11(16)6-4-9/h3-6,8H,2,7H2,1H3,(H3,17,18,19). The molecule has 0 saturated heterocycles. The molecule has 0 aliphatic rings. The van der Waals surface area contributed by atoms with Crippen molar-refractivity contribution < 1.29 is 9.53 Å². The van der Waals surface area contributed by atoms with Gasteiger partial charge in [0.05, 0.1) is 6.61 Å². The van der Waals surface area contributed by atoms with Crippen LogP contribution in [0.3, 0.4) is 0 Å². The van der Waals surface area contributed by atoms with E-state index < -0.39 is 5.97 Å². The first-order valence-electron chi connectivity index (χ1n) is 6.44. The lowest BCUT2D eigenvalue weighted by atomic mass is 10.0. The molecule has 1 aromatic heterocycles. The van der Waals surface area contributed by atoms with Crippen LogP contribution in [0.15, 0.2) is 35.1 Å². The van der Waals surface area contributed by atoms with Gasteiger partial charge in [-0.05, 0) is 30.7 Å². The van der Waals surface area contributed by atoms with Crippen molar-refractivity contribution in [1.29, 1.82) is 0 Å². The molecule has 0 spiro atoms. The van der Waals surface area contributed by atoms with Crippen molar-refractivity contribution in [3.05, 3.63) is 62.4 Å². The number of nitrogens with one attached hydrogen (secondary N) is 1. The first-order chi connectivity index (χ1) is 10.0. The van der Waals surface area contributed by atoms with Crippen molar-refractivity contribution in [2.24, 2.45) is 0 Å². The van der Waals surface area contributed by atoms with Crippen LogP contribution in [-0.2, 0) is 11.2 Å². The van der Waals surface area contributed by atoms with Gasteiger partial charge in [0.1, 0.15) is 11.4 Å². The Kier molecular flexibility index (Phi) is 4.65. The van der Waals surface area contributed by atoms with Crippen molar-refractivity contribution in [3.8, 4) is 0 Å². The van der Waals surface area contributed by atoms with Gasteiger partial charge in [0.25, 0.3) is 5.56 Å². The van der Waals surface area contributed by atoms with E-state index in [0.29, 0.717) is 17.0 Å². The van der Waals surface area contributed by atoms with Gasteiger partial charge in [0.15, 0.2) is 0 Å². The fourth-order valence-electron chi connectivity index (χ4n) is 1.92. The van der Waals surface area contributed by atoms with Crippen LogP contribution < -0.4 is 11.3 Å². The molecule has 0 atom stereocenters. The number of aromatic nitrogens is 1. The van der Waals surface area contributed by atoms with Crippen LogP contribution >= 0.6 is 11.6 Å². The SMILES string of the molecule is CCOC(=O)c1cc(Cc2ccc(Cl)cc2)c(=O)[nH]c1N. The molecule has 1 aromatic carbocycles. The first kappa shape index (κ1) is 15.1. The van der Waals surface area contributed by atoms with E-state index in [0.717, 1.165) is 5.56 Å². The topological polar surface area (TPSA) is 85.2 Å². The Balaban J connectivity index is 2.35. The molecule has 2 rings (SSSR count). The molecular weight excluding hydrogens is 292 g/mol. The highest BCUT2D eigenvalue weighted by Gasteiger charge is 2.14. The lowest BCUT2D eigenvalue weighted by Gasteiger charge is -2.08. The van der Waals surface area contributed by atoms with E-state index in [9.17, 15) is 9.59 Å². The van der Waals surface area contributed by atoms with E-state index in [1.165, 1.54) is 6.07 Å². The Morgan fingerprint density at radius 2 is 2.00 bits per heavy atom. The van der Waals surface area contributed by atoms with Gasteiger partial charge in [-0.15, -0.1) is 0 Å². The van der Waals surface area contributed by atoms with E-state index in [2.05, 4.69) is 4.98 Å². The number of nitrogens with two attached hydrogens (primary N) is 1. The smallest absolute Gasteiger partial charge is 0.341 e. The molecular formula is C15H15ClN2O3. The molecule has 0 aliphatic carbocycles. The van der Waals surface area contributed by atoms with Crippen molar-refractivity contribution in [3.63, 3.8) is 0 Å². The van der Waals surface area contributed by atoms with Gasteiger partial charge in [0, 0.05) is 17.0 Å². The predicted octanol–water partition coefficient (Wildman–Crippen LogP) is 2.38. The molecule has 5 nitrogen and oxygen atoms in total. The van der Waals surface area contributed by atoms with E-state index >= 15 is 0 Å². The maximum atomic E-state index is 11.9.